The van der Waals surface area contributed by atoms with Gasteiger partial charge in [0.25, 0.3) is 0 Å². The zero-order valence-corrected chi connectivity index (χ0v) is 15.7. The number of hydrogen-bond donors (Lipinski definition) is 0. The van der Waals surface area contributed by atoms with Gasteiger partial charge in [-0.15, -0.1) is 0 Å². The Hall–Kier alpha value is -3.31. The molecule has 1 aliphatic rings. The lowest BCUT2D eigenvalue weighted by Crippen LogP contribution is -2.12. The van der Waals surface area contributed by atoms with Gasteiger partial charge < -0.3 is 13.9 Å². The van der Waals surface area contributed by atoms with Gasteiger partial charge in [-0.2, -0.15) is 0 Å². The molecule has 140 valence electrons. The maximum Gasteiger partial charge on any atom is 0.232 e. The molecule has 0 bridgehead atoms. The number of ether oxygens (including phenoxy) is 2. The van der Waals surface area contributed by atoms with Crippen molar-refractivity contribution in [2.45, 2.75) is 6.92 Å². The van der Waals surface area contributed by atoms with Gasteiger partial charge in [0, 0.05) is 22.2 Å². The Kier molecular flexibility index (Phi) is 4.75. The van der Waals surface area contributed by atoms with Crippen molar-refractivity contribution in [1.29, 1.82) is 0 Å². The number of ketones is 2. The van der Waals surface area contributed by atoms with Crippen LogP contribution in [0.25, 0.3) is 6.08 Å². The summed E-state index contributed by atoms with van der Waals surface area (Å²) in [5.74, 6) is 1.22. The lowest BCUT2D eigenvalue weighted by molar-refractivity contribution is 0.0920. The second-order valence-corrected chi connectivity index (χ2v) is 6.68. The van der Waals surface area contributed by atoms with Crippen LogP contribution in [-0.4, -0.2) is 18.2 Å². The monoisotopic (exact) mass is 394 g/mol. The summed E-state index contributed by atoms with van der Waals surface area (Å²) in [5.41, 5.74) is 1.61. The number of allylic oxidation sites excluding steroid dienone is 1. The predicted molar refractivity (Wildman–Crippen MR) is 104 cm³/mol. The first-order valence-corrected chi connectivity index (χ1v) is 8.93. The summed E-state index contributed by atoms with van der Waals surface area (Å²) in [7, 11) is 0. The Morgan fingerprint density at radius 1 is 1.14 bits per heavy atom. The van der Waals surface area contributed by atoms with Crippen molar-refractivity contribution in [1.82, 2.24) is 0 Å². The van der Waals surface area contributed by atoms with Crippen molar-refractivity contribution in [2.24, 2.45) is 0 Å². The summed E-state index contributed by atoms with van der Waals surface area (Å²) in [6.07, 6.45) is 3.07. The molecule has 0 radical (unpaired) electrons. The molecular formula is C22H15ClO5. The Labute approximate surface area is 166 Å². The Balaban J connectivity index is 1.52. The van der Waals surface area contributed by atoms with E-state index in [2.05, 4.69) is 0 Å². The number of benzene rings is 2. The molecule has 0 saturated heterocycles. The van der Waals surface area contributed by atoms with E-state index >= 15 is 0 Å². The summed E-state index contributed by atoms with van der Waals surface area (Å²) in [5, 5.41) is 0.562. The van der Waals surface area contributed by atoms with Gasteiger partial charge in [-0.3, -0.25) is 9.59 Å². The summed E-state index contributed by atoms with van der Waals surface area (Å²) >= 11 is 5.84. The molecule has 2 heterocycles. The van der Waals surface area contributed by atoms with E-state index in [-0.39, 0.29) is 23.9 Å². The molecule has 0 atom stereocenters. The third-order valence-electron chi connectivity index (χ3n) is 4.38. The van der Waals surface area contributed by atoms with Gasteiger partial charge in [0.1, 0.15) is 17.3 Å². The van der Waals surface area contributed by atoms with E-state index in [4.69, 9.17) is 25.5 Å². The van der Waals surface area contributed by atoms with Crippen LogP contribution < -0.4 is 9.47 Å². The van der Waals surface area contributed by atoms with Gasteiger partial charge in [-0.05, 0) is 55.5 Å². The minimum Gasteiger partial charge on any atom is -0.485 e. The number of rotatable bonds is 5. The van der Waals surface area contributed by atoms with Crippen molar-refractivity contribution in [2.75, 3.05) is 6.61 Å². The average Bonchev–Trinajstić information content (AvgIpc) is 3.31. The van der Waals surface area contributed by atoms with Gasteiger partial charge in [-0.1, -0.05) is 11.6 Å². The predicted octanol–water partition coefficient (Wildman–Crippen LogP) is 5.12. The summed E-state index contributed by atoms with van der Waals surface area (Å²) in [6.45, 7) is 1.65. The van der Waals surface area contributed by atoms with E-state index in [0.717, 1.165) is 0 Å². The topological polar surface area (TPSA) is 65.7 Å². The maximum atomic E-state index is 12.5. The maximum absolute atomic E-state index is 12.5. The lowest BCUT2D eigenvalue weighted by atomic mass is 10.1. The molecule has 6 heteroatoms. The first-order valence-electron chi connectivity index (χ1n) is 8.56. The molecule has 0 unspecified atom stereocenters. The minimum absolute atomic E-state index is 0.135. The normalized spacial score (nSPS) is 14.1. The smallest absolute Gasteiger partial charge is 0.232 e. The van der Waals surface area contributed by atoms with E-state index < -0.39 is 0 Å². The number of halogens is 1. The van der Waals surface area contributed by atoms with Crippen molar-refractivity contribution >= 4 is 29.2 Å². The molecule has 0 N–H and O–H groups in total. The SMILES string of the molecule is Cc1c(OCC(=O)c2ccc(Cl)cc2)ccc2c1O/C(=C\c1ccco1)C2=O. The number of carbonyl (C=O) groups excluding carboxylic acids is 2. The zero-order chi connectivity index (χ0) is 19.7. The summed E-state index contributed by atoms with van der Waals surface area (Å²) < 4.78 is 16.6. The van der Waals surface area contributed by atoms with Crippen molar-refractivity contribution in [3.63, 3.8) is 0 Å². The van der Waals surface area contributed by atoms with Gasteiger partial charge >= 0.3 is 0 Å². The number of Topliss-reactive ketones (excluding diaryl/α,β-unsaturated/α-hetero) is 2. The van der Waals surface area contributed by atoms with Crippen LogP contribution in [0.1, 0.15) is 32.0 Å². The van der Waals surface area contributed by atoms with Crippen molar-refractivity contribution < 1.29 is 23.5 Å². The van der Waals surface area contributed by atoms with Crippen LogP contribution in [-0.2, 0) is 0 Å². The van der Waals surface area contributed by atoms with Crippen LogP contribution in [0, 0.1) is 6.92 Å². The largest absolute Gasteiger partial charge is 0.485 e. The molecule has 0 amide bonds. The van der Waals surface area contributed by atoms with Gasteiger partial charge in [0.05, 0.1) is 11.8 Å². The van der Waals surface area contributed by atoms with Crippen LogP contribution in [0.15, 0.2) is 65.0 Å². The molecule has 4 rings (SSSR count). The van der Waals surface area contributed by atoms with E-state index in [1.807, 2.05) is 0 Å². The fraction of sp³-hybridized carbons (Fsp3) is 0.0909. The standard InChI is InChI=1S/C22H15ClO5/c1-13-19(27-12-18(24)14-4-6-15(23)7-5-14)9-8-17-21(25)20(28-22(13)17)11-16-3-2-10-26-16/h2-11H,12H2,1H3/b20-11-. The fourth-order valence-corrected chi connectivity index (χ4v) is 3.02. The molecule has 0 spiro atoms. The van der Waals surface area contributed by atoms with E-state index in [1.54, 1.807) is 61.5 Å². The highest BCUT2D eigenvalue weighted by atomic mass is 35.5. The van der Waals surface area contributed by atoms with Gasteiger partial charge in [-0.25, -0.2) is 0 Å². The fourth-order valence-electron chi connectivity index (χ4n) is 2.89. The van der Waals surface area contributed by atoms with Crippen LogP contribution in [0.5, 0.6) is 11.5 Å². The highest BCUT2D eigenvalue weighted by molar-refractivity contribution is 6.30. The second-order valence-electron chi connectivity index (χ2n) is 6.24. The molecule has 0 saturated carbocycles. The molecule has 1 aliphatic heterocycles. The van der Waals surface area contributed by atoms with Crippen molar-refractivity contribution in [3.05, 3.63) is 88.0 Å². The third-order valence-corrected chi connectivity index (χ3v) is 4.63. The molecule has 28 heavy (non-hydrogen) atoms. The molecule has 0 fully saturated rings. The average molecular weight is 395 g/mol. The Morgan fingerprint density at radius 2 is 1.93 bits per heavy atom. The minimum atomic E-state index is -0.224. The summed E-state index contributed by atoms with van der Waals surface area (Å²) in [4.78, 5) is 24.8. The quantitative estimate of drug-likeness (QED) is 0.444. The number of hydrogen-bond acceptors (Lipinski definition) is 5. The van der Waals surface area contributed by atoms with E-state index in [0.29, 0.717) is 39.0 Å². The van der Waals surface area contributed by atoms with E-state index in [1.165, 1.54) is 6.26 Å². The van der Waals surface area contributed by atoms with Crippen LogP contribution in [0.3, 0.4) is 0 Å². The first kappa shape index (κ1) is 18.1. The lowest BCUT2D eigenvalue weighted by Gasteiger charge is -2.11. The van der Waals surface area contributed by atoms with Crippen LogP contribution in [0.4, 0.5) is 0 Å². The van der Waals surface area contributed by atoms with Gasteiger partial charge in [0.15, 0.2) is 18.1 Å². The van der Waals surface area contributed by atoms with E-state index in [9.17, 15) is 9.59 Å². The molecule has 0 aliphatic carbocycles. The third kappa shape index (κ3) is 3.44. The molecule has 1 aromatic heterocycles. The van der Waals surface area contributed by atoms with Crippen LogP contribution in [0.2, 0.25) is 5.02 Å². The Morgan fingerprint density at radius 3 is 2.64 bits per heavy atom. The van der Waals surface area contributed by atoms with Crippen LogP contribution >= 0.6 is 11.6 Å². The molecule has 2 aromatic carbocycles. The highest BCUT2D eigenvalue weighted by Gasteiger charge is 2.30. The summed E-state index contributed by atoms with van der Waals surface area (Å²) in [6, 6.07) is 13.4. The van der Waals surface area contributed by atoms with Crippen molar-refractivity contribution in [3.8, 4) is 11.5 Å². The first-order chi connectivity index (χ1) is 13.5. The highest BCUT2D eigenvalue weighted by Crippen LogP contribution is 2.39. The Bertz CT molecular complexity index is 1080. The number of fused-ring (bicyclic) bond motifs is 1. The second kappa shape index (κ2) is 7.37. The zero-order valence-electron chi connectivity index (χ0n) is 14.9. The molecular weight excluding hydrogens is 380 g/mol. The molecule has 3 aromatic rings. The van der Waals surface area contributed by atoms with Gasteiger partial charge in [0.2, 0.25) is 5.78 Å². The number of furan rings is 1. The number of carbonyl (C=O) groups is 2. The molecule has 5 nitrogen and oxygen atoms in total.